The van der Waals surface area contributed by atoms with Crippen molar-refractivity contribution in [1.29, 1.82) is 0 Å². The lowest BCUT2D eigenvalue weighted by Gasteiger charge is -2.09. The number of ether oxygens (including phenoxy) is 1. The average Bonchev–Trinajstić information content (AvgIpc) is 3.28. The number of rotatable bonds is 5. The lowest BCUT2D eigenvalue weighted by atomic mass is 10.2. The second-order valence-corrected chi connectivity index (χ2v) is 7.13. The van der Waals surface area contributed by atoms with Gasteiger partial charge < -0.3 is 9.26 Å². The van der Waals surface area contributed by atoms with Crippen LogP contribution in [0.5, 0.6) is 5.88 Å². The van der Waals surface area contributed by atoms with Gasteiger partial charge in [0.1, 0.15) is 11.3 Å². The summed E-state index contributed by atoms with van der Waals surface area (Å²) in [5, 5.41) is 5.56. The molecule has 7 nitrogen and oxygen atoms in total. The van der Waals surface area contributed by atoms with E-state index in [1.807, 2.05) is 13.8 Å². The lowest BCUT2D eigenvalue weighted by Crippen LogP contribution is -2.07. The van der Waals surface area contributed by atoms with E-state index in [9.17, 15) is 4.79 Å². The van der Waals surface area contributed by atoms with E-state index < -0.39 is 0 Å². The molecule has 4 aromatic rings. The molecule has 0 aliphatic heterocycles. The van der Waals surface area contributed by atoms with Crippen molar-refractivity contribution in [2.24, 2.45) is 0 Å². The van der Waals surface area contributed by atoms with E-state index in [2.05, 4.69) is 15.1 Å². The monoisotopic (exact) mass is 416 g/mol. The molecule has 0 spiro atoms. The highest BCUT2D eigenvalue weighted by atomic mass is 35.5. The van der Waals surface area contributed by atoms with Crippen molar-refractivity contribution >= 4 is 40.4 Å². The molecule has 142 valence electrons. The van der Waals surface area contributed by atoms with Gasteiger partial charge in [0.2, 0.25) is 5.88 Å². The highest BCUT2D eigenvalue weighted by Gasteiger charge is 2.17. The molecule has 0 fully saturated rings. The van der Waals surface area contributed by atoms with Crippen LogP contribution in [0.4, 0.5) is 0 Å². The van der Waals surface area contributed by atoms with Gasteiger partial charge in [0, 0.05) is 23.3 Å². The maximum Gasteiger partial charge on any atom is 0.275 e. The van der Waals surface area contributed by atoms with Crippen LogP contribution >= 0.6 is 23.2 Å². The zero-order chi connectivity index (χ0) is 19.8. The van der Waals surface area contributed by atoms with Crippen molar-refractivity contribution in [2.75, 3.05) is 0 Å². The third-order valence-electron chi connectivity index (χ3n) is 3.95. The molecule has 0 saturated heterocycles. The number of aldehydes is 1. The van der Waals surface area contributed by atoms with Gasteiger partial charge in [0.15, 0.2) is 0 Å². The molecule has 9 heteroatoms. The maximum absolute atomic E-state index is 11.0. The van der Waals surface area contributed by atoms with Gasteiger partial charge in [0.05, 0.1) is 22.2 Å². The summed E-state index contributed by atoms with van der Waals surface area (Å²) in [5.74, 6) is 0.890. The molecule has 28 heavy (non-hydrogen) atoms. The first-order chi connectivity index (χ1) is 13.5. The second-order valence-electron chi connectivity index (χ2n) is 6.32. The Morgan fingerprint density at radius 3 is 2.75 bits per heavy atom. The van der Waals surface area contributed by atoms with Crippen LogP contribution in [0, 0.1) is 0 Å². The number of fused-ring (bicyclic) bond motifs is 1. The molecule has 0 atom stereocenters. The summed E-state index contributed by atoms with van der Waals surface area (Å²) in [6, 6.07) is 6.83. The Labute approximate surface area is 169 Å². The molecule has 0 saturated carbocycles. The number of nitrogens with zero attached hydrogens (tertiary/aromatic N) is 4. The predicted octanol–water partition coefficient (Wildman–Crippen LogP) is 4.98. The van der Waals surface area contributed by atoms with Gasteiger partial charge in [-0.3, -0.25) is 9.36 Å². The number of pyridine rings is 1. The molecule has 3 aromatic heterocycles. The number of hydrogen-bond donors (Lipinski definition) is 0. The summed E-state index contributed by atoms with van der Waals surface area (Å²) in [6.07, 6.45) is 3.94. The average molecular weight is 417 g/mol. The maximum atomic E-state index is 11.0. The molecule has 0 radical (unpaired) electrons. The topological polar surface area (TPSA) is 83.0 Å². The van der Waals surface area contributed by atoms with Crippen molar-refractivity contribution < 1.29 is 14.1 Å². The van der Waals surface area contributed by atoms with E-state index in [1.54, 1.807) is 41.2 Å². The van der Waals surface area contributed by atoms with E-state index in [-0.39, 0.29) is 12.0 Å². The molecule has 0 aliphatic carbocycles. The minimum Gasteiger partial charge on any atom is -0.474 e. The molecule has 0 aliphatic rings. The first-order valence-corrected chi connectivity index (χ1v) is 9.14. The molecule has 0 bridgehead atoms. The smallest absolute Gasteiger partial charge is 0.275 e. The molecule has 0 unspecified atom stereocenters. The summed E-state index contributed by atoms with van der Waals surface area (Å²) >= 11 is 12.5. The Morgan fingerprint density at radius 1 is 1.21 bits per heavy atom. The quantitative estimate of drug-likeness (QED) is 0.426. The van der Waals surface area contributed by atoms with Crippen LogP contribution in [0.1, 0.15) is 24.2 Å². The number of benzene rings is 1. The Hall–Kier alpha value is -2.90. The largest absolute Gasteiger partial charge is 0.474 e. The summed E-state index contributed by atoms with van der Waals surface area (Å²) < 4.78 is 12.6. The minimum atomic E-state index is -0.0441. The first-order valence-electron chi connectivity index (χ1n) is 8.38. The van der Waals surface area contributed by atoms with Gasteiger partial charge >= 0.3 is 0 Å². The first kappa shape index (κ1) is 18.5. The Bertz CT molecular complexity index is 1180. The van der Waals surface area contributed by atoms with Gasteiger partial charge in [0.25, 0.3) is 11.8 Å². The van der Waals surface area contributed by atoms with Crippen LogP contribution < -0.4 is 4.74 Å². The van der Waals surface area contributed by atoms with E-state index in [4.69, 9.17) is 32.5 Å². The van der Waals surface area contributed by atoms with E-state index in [1.165, 1.54) is 0 Å². The molecule has 1 aromatic carbocycles. The van der Waals surface area contributed by atoms with Crippen LogP contribution in [0.2, 0.25) is 10.0 Å². The van der Waals surface area contributed by atoms with Gasteiger partial charge in [-0.25, -0.2) is 4.98 Å². The SMILES string of the molecule is CC(C)Oc1ncc(-c2nc(-n3cc(Cl)c4cc(C=O)ccc43)no2)cc1Cl. The van der Waals surface area contributed by atoms with Gasteiger partial charge in [-0.2, -0.15) is 4.98 Å². The summed E-state index contributed by atoms with van der Waals surface area (Å²) in [6.45, 7) is 3.78. The standard InChI is InChI=1S/C19H14Cl2N4O3/c1-10(2)27-18-14(20)6-12(7-22-18)17-23-19(24-28-17)25-8-15(21)13-5-11(9-26)3-4-16(13)25/h3-10H,1-2H3. The predicted molar refractivity (Wildman–Crippen MR) is 106 cm³/mol. The molecular weight excluding hydrogens is 403 g/mol. The van der Waals surface area contributed by atoms with Crippen molar-refractivity contribution in [1.82, 2.24) is 19.7 Å². The van der Waals surface area contributed by atoms with Crippen LogP contribution in [-0.4, -0.2) is 32.1 Å². The van der Waals surface area contributed by atoms with E-state index in [0.717, 1.165) is 17.2 Å². The number of aromatic nitrogens is 4. The molecule has 3 heterocycles. The van der Waals surface area contributed by atoms with Crippen molar-refractivity contribution in [3.05, 3.63) is 52.3 Å². The molecule has 4 rings (SSSR count). The Kier molecular flexibility index (Phi) is 4.78. The Morgan fingerprint density at radius 2 is 2.04 bits per heavy atom. The lowest BCUT2D eigenvalue weighted by molar-refractivity contribution is 0.112. The normalized spacial score (nSPS) is 11.3. The van der Waals surface area contributed by atoms with Gasteiger partial charge in [-0.1, -0.05) is 23.2 Å². The third kappa shape index (κ3) is 3.34. The highest BCUT2D eigenvalue weighted by Crippen LogP contribution is 2.31. The highest BCUT2D eigenvalue weighted by molar-refractivity contribution is 6.35. The fourth-order valence-electron chi connectivity index (χ4n) is 2.73. The van der Waals surface area contributed by atoms with Crippen molar-refractivity contribution in [3.63, 3.8) is 0 Å². The van der Waals surface area contributed by atoms with E-state index in [0.29, 0.717) is 33.0 Å². The fourth-order valence-corrected chi connectivity index (χ4v) is 3.19. The van der Waals surface area contributed by atoms with Crippen molar-refractivity contribution in [2.45, 2.75) is 20.0 Å². The van der Waals surface area contributed by atoms with Crippen LogP contribution in [0.25, 0.3) is 28.3 Å². The van der Waals surface area contributed by atoms with E-state index >= 15 is 0 Å². The minimum absolute atomic E-state index is 0.0441. The molecule has 0 amide bonds. The van der Waals surface area contributed by atoms with Crippen LogP contribution in [0.3, 0.4) is 0 Å². The third-order valence-corrected chi connectivity index (χ3v) is 4.52. The fraction of sp³-hybridized carbons (Fsp3) is 0.158. The van der Waals surface area contributed by atoms with Gasteiger partial charge in [-0.15, -0.1) is 0 Å². The Balaban J connectivity index is 1.71. The zero-order valence-corrected chi connectivity index (χ0v) is 16.4. The summed E-state index contributed by atoms with van der Waals surface area (Å²) in [5.41, 5.74) is 1.84. The molecule has 0 N–H and O–H groups in total. The number of carbonyl (C=O) groups excluding carboxylic acids is 1. The number of halogens is 2. The summed E-state index contributed by atoms with van der Waals surface area (Å²) in [4.78, 5) is 19.6. The summed E-state index contributed by atoms with van der Waals surface area (Å²) in [7, 11) is 0. The van der Waals surface area contributed by atoms with Gasteiger partial charge in [-0.05, 0) is 43.3 Å². The number of carbonyl (C=O) groups is 1. The number of hydrogen-bond acceptors (Lipinski definition) is 6. The second kappa shape index (κ2) is 7.26. The molecular formula is C19H14Cl2N4O3. The van der Waals surface area contributed by atoms with Crippen molar-refractivity contribution in [3.8, 4) is 23.3 Å². The van der Waals surface area contributed by atoms with Crippen LogP contribution in [-0.2, 0) is 0 Å². The zero-order valence-electron chi connectivity index (χ0n) is 14.9. The van der Waals surface area contributed by atoms with Crippen LogP contribution in [0.15, 0.2) is 41.2 Å².